The lowest BCUT2D eigenvalue weighted by Crippen LogP contribution is -2.22. The lowest BCUT2D eigenvalue weighted by Gasteiger charge is -2.11. The van der Waals surface area contributed by atoms with Crippen molar-refractivity contribution in [1.82, 2.24) is 4.31 Å². The Morgan fingerprint density at radius 3 is 2.50 bits per heavy atom. The predicted molar refractivity (Wildman–Crippen MR) is 94.8 cm³/mol. The Kier molecular flexibility index (Phi) is 5.69. The van der Waals surface area contributed by atoms with Gasteiger partial charge in [-0.1, -0.05) is 24.3 Å². The molecule has 0 aliphatic rings. The zero-order valence-corrected chi connectivity index (χ0v) is 15.4. The summed E-state index contributed by atoms with van der Waals surface area (Å²) in [4.78, 5) is 12.3. The minimum absolute atomic E-state index is 0.0521. The van der Waals surface area contributed by atoms with Crippen LogP contribution in [0.1, 0.15) is 15.9 Å². The van der Waals surface area contributed by atoms with Crippen LogP contribution in [0.2, 0.25) is 0 Å². The average molecular weight is 412 g/mol. The van der Waals surface area contributed by atoms with E-state index in [0.717, 1.165) is 4.31 Å². The number of halogens is 2. The first-order valence-corrected chi connectivity index (χ1v) is 9.15. The number of carbonyl (C=O) groups is 1. The number of allylic oxidation sites excluding steroid dienone is 1. The van der Waals surface area contributed by atoms with Gasteiger partial charge in [-0.25, -0.2) is 17.1 Å². The normalized spacial score (nSPS) is 12.0. The van der Waals surface area contributed by atoms with Gasteiger partial charge in [0.1, 0.15) is 5.82 Å². The van der Waals surface area contributed by atoms with Crippen molar-refractivity contribution in [3.05, 3.63) is 70.0 Å². The molecule has 0 unspecified atom stereocenters. The van der Waals surface area contributed by atoms with Crippen molar-refractivity contribution in [2.24, 2.45) is 0 Å². The number of ketones is 1. The summed E-state index contributed by atoms with van der Waals surface area (Å²) in [5, 5.41) is 0. The Hall–Kier alpha value is -1.83. The van der Waals surface area contributed by atoms with Crippen LogP contribution in [0.25, 0.3) is 6.08 Å². The van der Waals surface area contributed by atoms with Gasteiger partial charge in [-0.05, 0) is 51.8 Å². The smallest absolute Gasteiger partial charge is 0.242 e. The monoisotopic (exact) mass is 411 g/mol. The van der Waals surface area contributed by atoms with E-state index in [4.69, 9.17) is 0 Å². The minimum Gasteiger partial charge on any atom is -0.289 e. The molecule has 0 spiro atoms. The molecule has 0 bridgehead atoms. The van der Waals surface area contributed by atoms with Crippen LogP contribution in [0.5, 0.6) is 0 Å². The molecular formula is C17H15BrFNO3S. The van der Waals surface area contributed by atoms with E-state index in [1.54, 1.807) is 18.2 Å². The molecule has 7 heteroatoms. The lowest BCUT2D eigenvalue weighted by atomic mass is 10.1. The molecule has 0 aliphatic carbocycles. The highest BCUT2D eigenvalue weighted by molar-refractivity contribution is 9.10. The SMILES string of the molecule is CN(C)S(=O)(=O)c1cccc(C(=O)C=Cc2ccc(F)c(Br)c2)c1. The molecule has 0 radical (unpaired) electrons. The molecule has 0 atom stereocenters. The minimum atomic E-state index is -3.60. The van der Waals surface area contributed by atoms with E-state index in [0.29, 0.717) is 10.0 Å². The van der Waals surface area contributed by atoms with Gasteiger partial charge in [0, 0.05) is 19.7 Å². The van der Waals surface area contributed by atoms with Gasteiger partial charge >= 0.3 is 0 Å². The van der Waals surface area contributed by atoms with Gasteiger partial charge in [-0.3, -0.25) is 4.79 Å². The highest BCUT2D eigenvalue weighted by Crippen LogP contribution is 2.19. The third-order valence-corrected chi connectivity index (χ3v) is 5.69. The number of sulfonamides is 1. The van der Waals surface area contributed by atoms with Crippen LogP contribution in [0.3, 0.4) is 0 Å². The average Bonchev–Trinajstić information content (AvgIpc) is 2.55. The molecule has 0 saturated carbocycles. The van der Waals surface area contributed by atoms with Crippen LogP contribution in [0.4, 0.5) is 4.39 Å². The van der Waals surface area contributed by atoms with Crippen LogP contribution in [-0.4, -0.2) is 32.6 Å². The van der Waals surface area contributed by atoms with E-state index in [9.17, 15) is 17.6 Å². The molecule has 4 nitrogen and oxygen atoms in total. The molecule has 0 heterocycles. The molecule has 0 fully saturated rings. The fourth-order valence-corrected chi connectivity index (χ4v) is 3.25. The predicted octanol–water partition coefficient (Wildman–Crippen LogP) is 3.73. The van der Waals surface area contributed by atoms with Crippen LogP contribution < -0.4 is 0 Å². The number of nitrogens with zero attached hydrogens (tertiary/aromatic N) is 1. The highest BCUT2D eigenvalue weighted by atomic mass is 79.9. The van der Waals surface area contributed by atoms with Crippen molar-refractivity contribution < 1.29 is 17.6 Å². The summed E-state index contributed by atoms with van der Waals surface area (Å²) in [5.41, 5.74) is 0.907. The fraction of sp³-hybridized carbons (Fsp3) is 0.118. The topological polar surface area (TPSA) is 54.5 Å². The maximum Gasteiger partial charge on any atom is 0.242 e. The first kappa shape index (κ1) is 18.5. The summed E-state index contributed by atoms with van der Waals surface area (Å²) < 4.78 is 38.8. The van der Waals surface area contributed by atoms with Gasteiger partial charge < -0.3 is 0 Å². The van der Waals surface area contributed by atoms with E-state index >= 15 is 0 Å². The van der Waals surface area contributed by atoms with Crippen LogP contribution >= 0.6 is 15.9 Å². The first-order chi connectivity index (χ1) is 11.2. The zero-order chi connectivity index (χ0) is 17.9. The van der Waals surface area contributed by atoms with Crippen molar-refractivity contribution in [3.63, 3.8) is 0 Å². The van der Waals surface area contributed by atoms with Gasteiger partial charge in [-0.2, -0.15) is 0 Å². The summed E-state index contributed by atoms with van der Waals surface area (Å²) in [6.45, 7) is 0. The molecule has 0 N–H and O–H groups in total. The Morgan fingerprint density at radius 1 is 1.17 bits per heavy atom. The van der Waals surface area contributed by atoms with E-state index in [-0.39, 0.29) is 22.1 Å². The second-order valence-corrected chi connectivity index (χ2v) is 8.19. The summed E-state index contributed by atoms with van der Waals surface area (Å²) >= 11 is 3.08. The summed E-state index contributed by atoms with van der Waals surface area (Å²) in [5.74, 6) is -0.730. The Balaban J connectivity index is 2.27. The molecular weight excluding hydrogens is 397 g/mol. The third kappa shape index (κ3) is 4.17. The molecule has 0 saturated heterocycles. The van der Waals surface area contributed by atoms with E-state index < -0.39 is 10.0 Å². The van der Waals surface area contributed by atoms with Gasteiger partial charge in [0.15, 0.2) is 5.78 Å². The maximum atomic E-state index is 13.2. The lowest BCUT2D eigenvalue weighted by molar-refractivity contribution is 0.104. The number of rotatable bonds is 5. The zero-order valence-electron chi connectivity index (χ0n) is 13.0. The molecule has 126 valence electrons. The van der Waals surface area contributed by atoms with Crippen molar-refractivity contribution in [2.45, 2.75) is 4.90 Å². The van der Waals surface area contributed by atoms with Crippen LogP contribution in [-0.2, 0) is 10.0 Å². The Morgan fingerprint density at radius 2 is 1.88 bits per heavy atom. The van der Waals surface area contributed by atoms with Crippen LogP contribution in [0.15, 0.2) is 57.9 Å². The third-order valence-electron chi connectivity index (χ3n) is 3.27. The van der Waals surface area contributed by atoms with Gasteiger partial charge in [0.05, 0.1) is 9.37 Å². The maximum absolute atomic E-state index is 13.2. The first-order valence-electron chi connectivity index (χ1n) is 6.92. The summed E-state index contributed by atoms with van der Waals surface area (Å²) in [6, 6.07) is 10.2. The molecule has 0 aromatic heterocycles. The van der Waals surface area contributed by atoms with Gasteiger partial charge in [-0.15, -0.1) is 0 Å². The largest absolute Gasteiger partial charge is 0.289 e. The summed E-state index contributed by atoms with van der Waals surface area (Å²) in [7, 11) is -0.748. The molecule has 0 amide bonds. The fourth-order valence-electron chi connectivity index (χ4n) is 1.90. The van der Waals surface area contributed by atoms with Crippen molar-refractivity contribution in [1.29, 1.82) is 0 Å². The second kappa shape index (κ2) is 7.38. The van der Waals surface area contributed by atoms with E-state index in [1.807, 2.05) is 0 Å². The standard InChI is InChI=1S/C17H15BrFNO3S/c1-20(2)24(22,23)14-5-3-4-13(11-14)17(21)9-7-12-6-8-16(19)15(18)10-12/h3-11H,1-2H3. The molecule has 2 aromatic carbocycles. The molecule has 2 aromatic rings. The second-order valence-electron chi connectivity index (χ2n) is 5.19. The quantitative estimate of drug-likeness (QED) is 0.556. The number of carbonyl (C=O) groups excluding carboxylic acids is 1. The number of hydrogen-bond donors (Lipinski definition) is 0. The molecule has 24 heavy (non-hydrogen) atoms. The number of benzene rings is 2. The van der Waals surface area contributed by atoms with E-state index in [2.05, 4.69) is 15.9 Å². The van der Waals surface area contributed by atoms with Crippen molar-refractivity contribution in [3.8, 4) is 0 Å². The number of hydrogen-bond acceptors (Lipinski definition) is 3. The van der Waals surface area contributed by atoms with Gasteiger partial charge in [0.2, 0.25) is 10.0 Å². The van der Waals surface area contributed by atoms with E-state index in [1.165, 1.54) is 50.5 Å². The van der Waals surface area contributed by atoms with Gasteiger partial charge in [0.25, 0.3) is 0 Å². The van der Waals surface area contributed by atoms with Crippen LogP contribution in [0, 0.1) is 5.82 Å². The summed E-state index contributed by atoms with van der Waals surface area (Å²) in [6.07, 6.45) is 2.86. The highest BCUT2D eigenvalue weighted by Gasteiger charge is 2.18. The van der Waals surface area contributed by atoms with Crippen molar-refractivity contribution in [2.75, 3.05) is 14.1 Å². The molecule has 2 rings (SSSR count). The van der Waals surface area contributed by atoms with Crippen molar-refractivity contribution >= 4 is 37.8 Å². The molecule has 0 aliphatic heterocycles. The Labute approximate surface area is 148 Å². The Bertz CT molecular complexity index is 908.